The Morgan fingerprint density at radius 1 is 1.47 bits per heavy atom. The molecule has 0 spiro atoms. The summed E-state index contributed by atoms with van der Waals surface area (Å²) in [5.41, 5.74) is 0.757. The fourth-order valence-corrected chi connectivity index (χ4v) is 1.98. The van der Waals surface area contributed by atoms with Gasteiger partial charge >= 0.3 is 5.97 Å². The second-order valence-corrected chi connectivity index (χ2v) is 4.21. The monoisotopic (exact) mass is 272 g/mol. The van der Waals surface area contributed by atoms with Crippen molar-refractivity contribution in [3.8, 4) is 0 Å². The first kappa shape index (κ1) is 12.2. The molecule has 0 N–H and O–H groups in total. The summed E-state index contributed by atoms with van der Waals surface area (Å²) in [6, 6.07) is 5.22. The van der Waals surface area contributed by atoms with E-state index < -0.39 is 0 Å². The molecule has 0 aliphatic carbocycles. The van der Waals surface area contributed by atoms with Gasteiger partial charge in [0.05, 0.1) is 12.1 Å². The first-order valence-corrected chi connectivity index (χ1v) is 5.84. The lowest BCUT2D eigenvalue weighted by atomic mass is 10.2. The Hall–Kier alpha value is -1.26. The molecular formula is C11H10Cl2N2O2. The molecule has 0 unspecified atom stereocenters. The molecule has 0 fully saturated rings. The lowest BCUT2D eigenvalue weighted by Crippen LogP contribution is -2.14. The number of aromatic nitrogens is 2. The maximum Gasteiger partial charge on any atom is 0.327 e. The standard InChI is InChI=1S/C11H10Cl2N2O2/c1-2-17-10(16)6-15-9-4-3-7(12)5-8(9)11(13)14-15/h3-5H,2,6H2,1H3. The molecule has 1 aromatic carbocycles. The summed E-state index contributed by atoms with van der Waals surface area (Å²) in [6.07, 6.45) is 0. The summed E-state index contributed by atoms with van der Waals surface area (Å²) in [7, 11) is 0. The average Bonchev–Trinajstić information content (AvgIpc) is 2.56. The Labute approximate surface area is 108 Å². The summed E-state index contributed by atoms with van der Waals surface area (Å²) in [5.74, 6) is -0.344. The van der Waals surface area contributed by atoms with E-state index in [0.29, 0.717) is 16.8 Å². The van der Waals surface area contributed by atoms with Crippen LogP contribution in [0.4, 0.5) is 0 Å². The van der Waals surface area contributed by atoms with Crippen molar-refractivity contribution < 1.29 is 9.53 Å². The molecule has 1 heterocycles. The molecule has 2 aromatic rings. The number of halogens is 2. The van der Waals surface area contributed by atoms with Crippen molar-refractivity contribution >= 4 is 40.1 Å². The number of hydrogen-bond donors (Lipinski definition) is 0. The first-order valence-electron chi connectivity index (χ1n) is 5.09. The van der Waals surface area contributed by atoms with E-state index in [2.05, 4.69) is 5.10 Å². The summed E-state index contributed by atoms with van der Waals surface area (Å²) >= 11 is 11.8. The number of rotatable bonds is 3. The zero-order valence-electron chi connectivity index (χ0n) is 9.11. The van der Waals surface area contributed by atoms with Crippen LogP contribution in [0.25, 0.3) is 10.9 Å². The van der Waals surface area contributed by atoms with E-state index in [1.54, 1.807) is 25.1 Å². The molecule has 17 heavy (non-hydrogen) atoms. The summed E-state index contributed by atoms with van der Waals surface area (Å²) in [6.45, 7) is 2.14. The van der Waals surface area contributed by atoms with Gasteiger partial charge in [-0.2, -0.15) is 5.10 Å². The molecule has 0 saturated carbocycles. The second kappa shape index (κ2) is 4.94. The van der Waals surface area contributed by atoms with Gasteiger partial charge in [-0.3, -0.25) is 9.48 Å². The molecule has 0 aliphatic heterocycles. The zero-order valence-corrected chi connectivity index (χ0v) is 10.6. The summed E-state index contributed by atoms with van der Waals surface area (Å²) < 4.78 is 6.36. The molecule has 0 aliphatic rings. The fraction of sp³-hybridized carbons (Fsp3) is 0.273. The van der Waals surface area contributed by atoms with E-state index in [9.17, 15) is 4.79 Å². The predicted octanol–water partition coefficient (Wildman–Crippen LogP) is 2.91. The quantitative estimate of drug-likeness (QED) is 0.807. The Bertz CT molecular complexity index is 566. The van der Waals surface area contributed by atoms with Crippen molar-refractivity contribution in [3.63, 3.8) is 0 Å². The normalized spacial score (nSPS) is 10.8. The Morgan fingerprint density at radius 3 is 2.94 bits per heavy atom. The first-order chi connectivity index (χ1) is 8.11. The SMILES string of the molecule is CCOC(=O)Cn1nc(Cl)c2cc(Cl)ccc21. The molecule has 2 rings (SSSR count). The number of hydrogen-bond acceptors (Lipinski definition) is 3. The van der Waals surface area contributed by atoms with Gasteiger partial charge < -0.3 is 4.74 Å². The third-order valence-electron chi connectivity index (χ3n) is 2.25. The molecule has 90 valence electrons. The number of esters is 1. The van der Waals surface area contributed by atoms with Gasteiger partial charge in [0.15, 0.2) is 5.15 Å². The lowest BCUT2D eigenvalue weighted by molar-refractivity contribution is -0.143. The molecule has 0 bridgehead atoms. The number of carbonyl (C=O) groups is 1. The second-order valence-electron chi connectivity index (χ2n) is 3.41. The molecule has 6 heteroatoms. The van der Waals surface area contributed by atoms with Crippen LogP contribution in [0.15, 0.2) is 18.2 Å². The smallest absolute Gasteiger partial charge is 0.327 e. The van der Waals surface area contributed by atoms with Gasteiger partial charge in [0.25, 0.3) is 0 Å². The molecule has 0 radical (unpaired) electrons. The van der Waals surface area contributed by atoms with Crippen LogP contribution in [0.3, 0.4) is 0 Å². The van der Waals surface area contributed by atoms with Gasteiger partial charge in [0.2, 0.25) is 0 Å². The van der Waals surface area contributed by atoms with Crippen LogP contribution < -0.4 is 0 Å². The van der Waals surface area contributed by atoms with E-state index in [4.69, 9.17) is 27.9 Å². The fourth-order valence-electron chi connectivity index (χ4n) is 1.56. The van der Waals surface area contributed by atoms with Crippen LogP contribution in [0.2, 0.25) is 10.2 Å². The van der Waals surface area contributed by atoms with Gasteiger partial charge in [-0.25, -0.2) is 0 Å². The van der Waals surface area contributed by atoms with Gasteiger partial charge in [-0.15, -0.1) is 0 Å². The highest BCUT2D eigenvalue weighted by atomic mass is 35.5. The minimum Gasteiger partial charge on any atom is -0.465 e. The molecule has 0 amide bonds. The van der Waals surface area contributed by atoms with Crippen LogP contribution in [-0.4, -0.2) is 22.4 Å². The topological polar surface area (TPSA) is 44.1 Å². The maximum atomic E-state index is 11.4. The van der Waals surface area contributed by atoms with Crippen molar-refractivity contribution in [3.05, 3.63) is 28.4 Å². The van der Waals surface area contributed by atoms with Gasteiger partial charge in [-0.1, -0.05) is 23.2 Å². The van der Waals surface area contributed by atoms with Crippen LogP contribution in [-0.2, 0) is 16.1 Å². The minimum absolute atomic E-state index is 0.0404. The minimum atomic E-state index is -0.344. The van der Waals surface area contributed by atoms with Crippen molar-refractivity contribution in [2.24, 2.45) is 0 Å². The summed E-state index contributed by atoms with van der Waals surface area (Å²) in [5, 5.41) is 5.71. The van der Waals surface area contributed by atoms with Crippen LogP contribution >= 0.6 is 23.2 Å². The largest absolute Gasteiger partial charge is 0.465 e. The lowest BCUT2D eigenvalue weighted by Gasteiger charge is -2.03. The van der Waals surface area contributed by atoms with E-state index >= 15 is 0 Å². The van der Waals surface area contributed by atoms with Gasteiger partial charge in [0, 0.05) is 10.4 Å². The highest BCUT2D eigenvalue weighted by Gasteiger charge is 2.12. The van der Waals surface area contributed by atoms with E-state index in [1.807, 2.05) is 0 Å². The van der Waals surface area contributed by atoms with Crippen molar-refractivity contribution in [2.45, 2.75) is 13.5 Å². The molecule has 4 nitrogen and oxygen atoms in total. The van der Waals surface area contributed by atoms with E-state index in [0.717, 1.165) is 10.9 Å². The van der Waals surface area contributed by atoms with Gasteiger partial charge in [0.1, 0.15) is 6.54 Å². The summed E-state index contributed by atoms with van der Waals surface area (Å²) in [4.78, 5) is 11.4. The Morgan fingerprint density at radius 2 is 2.24 bits per heavy atom. The highest BCUT2D eigenvalue weighted by molar-refractivity contribution is 6.35. The third-order valence-corrected chi connectivity index (χ3v) is 2.77. The van der Waals surface area contributed by atoms with E-state index in [1.165, 1.54) is 4.68 Å². The Balaban J connectivity index is 2.38. The Kier molecular flexibility index (Phi) is 3.54. The molecule has 0 atom stereocenters. The molecular weight excluding hydrogens is 263 g/mol. The van der Waals surface area contributed by atoms with Crippen molar-refractivity contribution in [2.75, 3.05) is 6.61 Å². The van der Waals surface area contributed by atoms with Crippen LogP contribution in [0, 0.1) is 0 Å². The van der Waals surface area contributed by atoms with Crippen molar-refractivity contribution in [1.29, 1.82) is 0 Å². The number of benzene rings is 1. The van der Waals surface area contributed by atoms with Crippen molar-refractivity contribution in [1.82, 2.24) is 9.78 Å². The molecule has 1 aromatic heterocycles. The third kappa shape index (κ3) is 2.53. The number of ether oxygens (including phenoxy) is 1. The highest BCUT2D eigenvalue weighted by Crippen LogP contribution is 2.25. The van der Waals surface area contributed by atoms with Crippen LogP contribution in [0.5, 0.6) is 0 Å². The van der Waals surface area contributed by atoms with Gasteiger partial charge in [-0.05, 0) is 25.1 Å². The average molecular weight is 273 g/mol. The van der Waals surface area contributed by atoms with Crippen LogP contribution in [0.1, 0.15) is 6.92 Å². The number of fused-ring (bicyclic) bond motifs is 1. The molecule has 0 saturated heterocycles. The number of carbonyl (C=O) groups excluding carboxylic acids is 1. The van der Waals surface area contributed by atoms with E-state index in [-0.39, 0.29) is 12.5 Å². The predicted molar refractivity (Wildman–Crippen MR) is 66.4 cm³/mol. The maximum absolute atomic E-state index is 11.4. The number of nitrogens with zero attached hydrogens (tertiary/aromatic N) is 2. The zero-order chi connectivity index (χ0) is 12.4.